The number of methoxy groups -OCH3 is 1. The number of aromatic nitrogens is 4. The summed E-state index contributed by atoms with van der Waals surface area (Å²) in [5.41, 5.74) is 4.73. The SMILES string of the molecule is COCCn1cnc2ccc(-c3cc(Nc4ccc(Cl)cc4)nc(N4CCOCC4)n3)cc21. The lowest BCUT2D eigenvalue weighted by Gasteiger charge is -2.27. The van der Waals surface area contributed by atoms with Crippen molar-refractivity contribution in [2.24, 2.45) is 0 Å². The van der Waals surface area contributed by atoms with E-state index in [1.54, 1.807) is 7.11 Å². The smallest absolute Gasteiger partial charge is 0.228 e. The van der Waals surface area contributed by atoms with Crippen LogP contribution in [0.15, 0.2) is 54.9 Å². The van der Waals surface area contributed by atoms with Crippen LogP contribution in [-0.4, -0.2) is 59.5 Å². The molecule has 1 saturated heterocycles. The zero-order valence-corrected chi connectivity index (χ0v) is 19.1. The minimum Gasteiger partial charge on any atom is -0.383 e. The first-order chi connectivity index (χ1) is 16.2. The molecule has 4 aromatic rings. The standard InChI is InChI=1S/C24H25ClN6O2/c1-32-11-8-31-16-26-20-7-2-17(14-22(20)31)21-15-23(27-19-5-3-18(25)4-6-19)29-24(28-21)30-9-12-33-13-10-30/h2-7,14-16H,8-13H2,1H3,(H,27,28,29). The summed E-state index contributed by atoms with van der Waals surface area (Å²) in [6.07, 6.45) is 1.85. The number of hydrogen-bond donors (Lipinski definition) is 1. The molecule has 1 N–H and O–H groups in total. The van der Waals surface area contributed by atoms with Crippen LogP contribution in [0.25, 0.3) is 22.3 Å². The molecule has 0 atom stereocenters. The minimum atomic E-state index is 0.625. The summed E-state index contributed by atoms with van der Waals surface area (Å²) in [5.74, 6) is 1.40. The molecule has 1 fully saturated rings. The van der Waals surface area contributed by atoms with E-state index < -0.39 is 0 Å². The van der Waals surface area contributed by atoms with Crippen molar-refractivity contribution >= 4 is 40.1 Å². The van der Waals surface area contributed by atoms with E-state index in [2.05, 4.69) is 25.8 Å². The summed E-state index contributed by atoms with van der Waals surface area (Å²) in [7, 11) is 1.70. The van der Waals surface area contributed by atoms with Crippen LogP contribution < -0.4 is 10.2 Å². The van der Waals surface area contributed by atoms with Crippen LogP contribution in [0.4, 0.5) is 17.5 Å². The van der Waals surface area contributed by atoms with Gasteiger partial charge in [-0.25, -0.2) is 9.97 Å². The molecule has 0 radical (unpaired) electrons. The predicted octanol–water partition coefficient (Wildman–Crippen LogP) is 4.37. The van der Waals surface area contributed by atoms with Gasteiger partial charge in [-0.15, -0.1) is 0 Å². The summed E-state index contributed by atoms with van der Waals surface area (Å²) in [6, 6.07) is 15.7. The molecule has 0 amide bonds. The molecular weight excluding hydrogens is 440 g/mol. The van der Waals surface area contributed by atoms with Crippen LogP contribution in [0.1, 0.15) is 0 Å². The molecule has 9 heteroatoms. The number of morpholine rings is 1. The lowest BCUT2D eigenvalue weighted by Crippen LogP contribution is -2.37. The van der Waals surface area contributed by atoms with E-state index in [4.69, 9.17) is 31.0 Å². The van der Waals surface area contributed by atoms with E-state index in [1.165, 1.54) is 0 Å². The van der Waals surface area contributed by atoms with Crippen molar-refractivity contribution in [2.45, 2.75) is 6.54 Å². The Morgan fingerprint density at radius 3 is 2.67 bits per heavy atom. The fourth-order valence-electron chi connectivity index (χ4n) is 3.82. The van der Waals surface area contributed by atoms with Crippen molar-refractivity contribution < 1.29 is 9.47 Å². The van der Waals surface area contributed by atoms with Crippen LogP contribution in [0.5, 0.6) is 0 Å². The Hall–Kier alpha value is -3.20. The fraction of sp³-hybridized carbons (Fsp3) is 0.292. The maximum absolute atomic E-state index is 6.04. The lowest BCUT2D eigenvalue weighted by molar-refractivity contribution is 0.122. The molecule has 2 aromatic carbocycles. The van der Waals surface area contributed by atoms with Gasteiger partial charge in [0, 0.05) is 49.1 Å². The molecule has 0 unspecified atom stereocenters. The monoisotopic (exact) mass is 464 g/mol. The van der Waals surface area contributed by atoms with Gasteiger partial charge in [0.05, 0.1) is 42.9 Å². The molecule has 2 aromatic heterocycles. The van der Waals surface area contributed by atoms with Gasteiger partial charge in [0.1, 0.15) is 5.82 Å². The first-order valence-corrected chi connectivity index (χ1v) is 11.3. The molecule has 1 aliphatic rings. The van der Waals surface area contributed by atoms with E-state index in [9.17, 15) is 0 Å². The zero-order chi connectivity index (χ0) is 22.6. The van der Waals surface area contributed by atoms with Crippen LogP contribution in [-0.2, 0) is 16.0 Å². The van der Waals surface area contributed by atoms with Crippen LogP contribution in [0.3, 0.4) is 0 Å². The number of hydrogen-bond acceptors (Lipinski definition) is 7. The Morgan fingerprint density at radius 1 is 1.06 bits per heavy atom. The fourth-order valence-corrected chi connectivity index (χ4v) is 3.94. The highest BCUT2D eigenvalue weighted by Crippen LogP contribution is 2.28. The topological polar surface area (TPSA) is 77.3 Å². The molecule has 0 bridgehead atoms. The van der Waals surface area contributed by atoms with E-state index in [1.807, 2.05) is 48.8 Å². The first-order valence-electron chi connectivity index (χ1n) is 10.9. The van der Waals surface area contributed by atoms with Crippen molar-refractivity contribution in [2.75, 3.05) is 50.2 Å². The van der Waals surface area contributed by atoms with Crippen molar-refractivity contribution in [1.29, 1.82) is 0 Å². The Bertz CT molecular complexity index is 1240. The lowest BCUT2D eigenvalue weighted by atomic mass is 10.1. The van der Waals surface area contributed by atoms with Crippen LogP contribution >= 0.6 is 11.6 Å². The third-order valence-corrected chi connectivity index (χ3v) is 5.83. The molecule has 170 valence electrons. The Labute approximate surface area is 197 Å². The second-order valence-corrected chi connectivity index (χ2v) is 8.24. The van der Waals surface area contributed by atoms with E-state index in [0.717, 1.165) is 53.4 Å². The minimum absolute atomic E-state index is 0.625. The molecule has 3 heterocycles. The molecule has 0 spiro atoms. The van der Waals surface area contributed by atoms with E-state index in [0.29, 0.717) is 30.8 Å². The highest BCUT2D eigenvalue weighted by Gasteiger charge is 2.17. The van der Waals surface area contributed by atoms with Crippen LogP contribution in [0, 0.1) is 0 Å². The summed E-state index contributed by atoms with van der Waals surface area (Å²) in [5, 5.41) is 4.08. The summed E-state index contributed by atoms with van der Waals surface area (Å²) in [6.45, 7) is 4.21. The van der Waals surface area contributed by atoms with Gasteiger partial charge in [-0.2, -0.15) is 4.98 Å². The molecule has 1 aliphatic heterocycles. The number of halogens is 1. The van der Waals surface area contributed by atoms with Gasteiger partial charge in [-0.1, -0.05) is 17.7 Å². The van der Waals surface area contributed by atoms with E-state index >= 15 is 0 Å². The highest BCUT2D eigenvalue weighted by atomic mass is 35.5. The third-order valence-electron chi connectivity index (χ3n) is 5.58. The van der Waals surface area contributed by atoms with Crippen molar-refractivity contribution in [3.8, 4) is 11.3 Å². The largest absolute Gasteiger partial charge is 0.383 e. The van der Waals surface area contributed by atoms with Crippen molar-refractivity contribution in [1.82, 2.24) is 19.5 Å². The number of ether oxygens (including phenoxy) is 2. The highest BCUT2D eigenvalue weighted by molar-refractivity contribution is 6.30. The molecular formula is C24H25ClN6O2. The average molecular weight is 465 g/mol. The zero-order valence-electron chi connectivity index (χ0n) is 18.4. The van der Waals surface area contributed by atoms with Gasteiger partial charge in [0.15, 0.2) is 0 Å². The Kier molecular flexibility index (Phi) is 6.39. The summed E-state index contributed by atoms with van der Waals surface area (Å²) < 4.78 is 12.8. The molecule has 0 saturated carbocycles. The molecule has 8 nitrogen and oxygen atoms in total. The number of rotatable bonds is 7. The quantitative estimate of drug-likeness (QED) is 0.435. The number of fused-ring (bicyclic) bond motifs is 1. The number of nitrogens with one attached hydrogen (secondary N) is 1. The average Bonchev–Trinajstić information content (AvgIpc) is 3.26. The maximum atomic E-state index is 6.04. The summed E-state index contributed by atoms with van der Waals surface area (Å²) in [4.78, 5) is 16.4. The van der Waals surface area contributed by atoms with Gasteiger partial charge in [0.25, 0.3) is 0 Å². The molecule has 33 heavy (non-hydrogen) atoms. The Balaban J connectivity index is 1.54. The van der Waals surface area contributed by atoms with Crippen molar-refractivity contribution in [3.63, 3.8) is 0 Å². The van der Waals surface area contributed by atoms with Gasteiger partial charge in [-0.3, -0.25) is 0 Å². The number of imidazole rings is 1. The second-order valence-electron chi connectivity index (χ2n) is 7.80. The summed E-state index contributed by atoms with van der Waals surface area (Å²) >= 11 is 6.04. The van der Waals surface area contributed by atoms with Gasteiger partial charge in [0.2, 0.25) is 5.95 Å². The molecule has 0 aliphatic carbocycles. The predicted molar refractivity (Wildman–Crippen MR) is 130 cm³/mol. The number of anilines is 3. The first kappa shape index (κ1) is 21.6. The normalized spacial score (nSPS) is 14.1. The number of nitrogens with zero attached hydrogens (tertiary/aromatic N) is 5. The number of benzene rings is 2. The molecule has 5 rings (SSSR count). The van der Waals surface area contributed by atoms with Crippen LogP contribution in [0.2, 0.25) is 5.02 Å². The Morgan fingerprint density at radius 2 is 1.88 bits per heavy atom. The third kappa shape index (κ3) is 4.93. The maximum Gasteiger partial charge on any atom is 0.228 e. The van der Waals surface area contributed by atoms with Crippen molar-refractivity contribution in [3.05, 3.63) is 59.9 Å². The van der Waals surface area contributed by atoms with Gasteiger partial charge < -0.3 is 24.3 Å². The second kappa shape index (κ2) is 9.74. The van der Waals surface area contributed by atoms with Gasteiger partial charge in [-0.05, 0) is 36.4 Å². The van der Waals surface area contributed by atoms with Gasteiger partial charge >= 0.3 is 0 Å². The van der Waals surface area contributed by atoms with E-state index in [-0.39, 0.29) is 0 Å².